The van der Waals surface area contributed by atoms with Gasteiger partial charge in [-0.25, -0.2) is 4.79 Å². The molecule has 0 aliphatic carbocycles. The average Bonchev–Trinajstić information content (AvgIpc) is 2.76. The van der Waals surface area contributed by atoms with Crippen molar-refractivity contribution in [2.24, 2.45) is 5.92 Å². The number of likely N-dealkylation sites (tertiary alicyclic amines) is 1. The molecule has 31 heavy (non-hydrogen) atoms. The van der Waals surface area contributed by atoms with Gasteiger partial charge in [0, 0.05) is 26.2 Å². The van der Waals surface area contributed by atoms with Gasteiger partial charge in [-0.2, -0.15) is 0 Å². The smallest absolute Gasteiger partial charge is 0.410 e. The summed E-state index contributed by atoms with van der Waals surface area (Å²) in [4.78, 5) is 17.2. The Kier molecular flexibility index (Phi) is 8.35. The molecule has 0 spiro atoms. The quantitative estimate of drug-likeness (QED) is 0.579. The SMILES string of the molecule is Cc1ccc(CN(Cc2ccc(OCC(C)C)cc2)C(=O)OC2CCN(C)CC2)cc1. The molecule has 5 nitrogen and oxygen atoms in total. The van der Waals surface area contributed by atoms with E-state index in [1.165, 1.54) is 5.56 Å². The molecule has 0 radical (unpaired) electrons. The van der Waals surface area contributed by atoms with E-state index in [0.29, 0.717) is 25.6 Å². The van der Waals surface area contributed by atoms with Crippen LogP contribution in [0.2, 0.25) is 0 Å². The molecule has 1 amide bonds. The second kappa shape index (κ2) is 11.2. The van der Waals surface area contributed by atoms with E-state index in [0.717, 1.165) is 42.8 Å². The van der Waals surface area contributed by atoms with Crippen molar-refractivity contribution >= 4 is 6.09 Å². The summed E-state index contributed by atoms with van der Waals surface area (Å²) < 4.78 is 11.7. The lowest BCUT2D eigenvalue weighted by molar-refractivity contribution is 0.0298. The summed E-state index contributed by atoms with van der Waals surface area (Å²) in [6.45, 7) is 9.99. The first-order chi connectivity index (χ1) is 14.9. The molecule has 0 atom stereocenters. The lowest BCUT2D eigenvalue weighted by Gasteiger charge is -2.31. The number of ether oxygens (including phenoxy) is 2. The Hall–Kier alpha value is -2.53. The van der Waals surface area contributed by atoms with Crippen molar-refractivity contribution < 1.29 is 14.3 Å². The Bertz CT molecular complexity index is 810. The number of aryl methyl sites for hydroxylation is 1. The molecule has 3 rings (SSSR count). The molecule has 0 N–H and O–H groups in total. The van der Waals surface area contributed by atoms with Gasteiger partial charge in [0.2, 0.25) is 0 Å². The lowest BCUT2D eigenvalue weighted by Crippen LogP contribution is -2.39. The van der Waals surface area contributed by atoms with Gasteiger partial charge in [0.05, 0.1) is 6.61 Å². The predicted octanol–water partition coefficient (Wildman–Crippen LogP) is 5.26. The molecule has 168 valence electrons. The summed E-state index contributed by atoms with van der Waals surface area (Å²) in [5.41, 5.74) is 3.37. The fraction of sp³-hybridized carbons (Fsp3) is 0.500. The standard InChI is InChI=1S/C26H36N2O3/c1-20(2)19-30-24-11-9-23(10-12-24)18-28(17-22-7-5-21(3)6-8-22)26(29)31-25-13-15-27(4)16-14-25/h5-12,20,25H,13-19H2,1-4H3. The molecule has 1 fully saturated rings. The Morgan fingerprint density at radius 3 is 2.10 bits per heavy atom. The minimum atomic E-state index is -0.240. The average molecular weight is 425 g/mol. The number of hydrogen-bond acceptors (Lipinski definition) is 4. The summed E-state index contributed by atoms with van der Waals surface area (Å²) >= 11 is 0. The van der Waals surface area contributed by atoms with Crippen LogP contribution in [0.3, 0.4) is 0 Å². The van der Waals surface area contributed by atoms with Gasteiger partial charge in [-0.15, -0.1) is 0 Å². The van der Waals surface area contributed by atoms with Crippen LogP contribution in [0.4, 0.5) is 4.79 Å². The largest absolute Gasteiger partial charge is 0.493 e. The zero-order valence-corrected chi connectivity index (χ0v) is 19.3. The van der Waals surface area contributed by atoms with Crippen LogP contribution >= 0.6 is 0 Å². The van der Waals surface area contributed by atoms with Crippen LogP contribution < -0.4 is 4.74 Å². The highest BCUT2D eigenvalue weighted by Crippen LogP contribution is 2.19. The fourth-order valence-electron chi connectivity index (χ4n) is 3.59. The van der Waals surface area contributed by atoms with Crippen molar-refractivity contribution in [3.05, 3.63) is 65.2 Å². The Balaban J connectivity index is 1.67. The van der Waals surface area contributed by atoms with E-state index in [2.05, 4.69) is 57.0 Å². The first-order valence-corrected chi connectivity index (χ1v) is 11.3. The zero-order chi connectivity index (χ0) is 22.2. The van der Waals surface area contributed by atoms with Gasteiger partial charge in [0.15, 0.2) is 0 Å². The minimum Gasteiger partial charge on any atom is -0.493 e. The van der Waals surface area contributed by atoms with E-state index in [9.17, 15) is 4.79 Å². The molecule has 1 aliphatic rings. The van der Waals surface area contributed by atoms with Crippen LogP contribution in [0, 0.1) is 12.8 Å². The van der Waals surface area contributed by atoms with Crippen LogP contribution in [0.25, 0.3) is 0 Å². The predicted molar refractivity (Wildman–Crippen MR) is 124 cm³/mol. The van der Waals surface area contributed by atoms with Crippen LogP contribution in [-0.2, 0) is 17.8 Å². The van der Waals surface area contributed by atoms with Gasteiger partial charge in [-0.05, 0) is 56.0 Å². The van der Waals surface area contributed by atoms with Crippen LogP contribution in [-0.4, -0.2) is 48.7 Å². The second-order valence-corrected chi connectivity index (χ2v) is 9.08. The number of carbonyl (C=O) groups is 1. The van der Waals surface area contributed by atoms with Crippen molar-refractivity contribution in [2.45, 2.75) is 52.8 Å². The van der Waals surface area contributed by atoms with Crippen molar-refractivity contribution in [3.63, 3.8) is 0 Å². The van der Waals surface area contributed by atoms with E-state index in [4.69, 9.17) is 9.47 Å². The van der Waals surface area contributed by atoms with Crippen molar-refractivity contribution in [3.8, 4) is 5.75 Å². The normalized spacial score (nSPS) is 15.1. The van der Waals surface area contributed by atoms with Gasteiger partial charge >= 0.3 is 6.09 Å². The maximum atomic E-state index is 13.1. The number of carbonyl (C=O) groups excluding carboxylic acids is 1. The third kappa shape index (κ3) is 7.59. The summed E-state index contributed by atoms with van der Waals surface area (Å²) in [7, 11) is 2.11. The number of rotatable bonds is 8. The Labute approximate surface area is 187 Å². The molecule has 0 saturated carbocycles. The number of nitrogens with zero attached hydrogens (tertiary/aromatic N) is 2. The Morgan fingerprint density at radius 1 is 1.00 bits per heavy atom. The Morgan fingerprint density at radius 2 is 1.55 bits per heavy atom. The molecule has 1 saturated heterocycles. The first kappa shape index (κ1) is 23.1. The first-order valence-electron chi connectivity index (χ1n) is 11.3. The molecule has 5 heteroatoms. The van der Waals surface area contributed by atoms with Crippen molar-refractivity contribution in [2.75, 3.05) is 26.7 Å². The van der Waals surface area contributed by atoms with E-state index >= 15 is 0 Å². The summed E-state index contributed by atoms with van der Waals surface area (Å²) in [6.07, 6.45) is 1.54. The van der Waals surface area contributed by atoms with Crippen LogP contribution in [0.1, 0.15) is 43.4 Å². The second-order valence-electron chi connectivity index (χ2n) is 9.08. The molecule has 2 aromatic carbocycles. The highest BCUT2D eigenvalue weighted by atomic mass is 16.6. The summed E-state index contributed by atoms with van der Waals surface area (Å²) in [5.74, 6) is 1.34. The van der Waals surface area contributed by atoms with E-state index < -0.39 is 0 Å². The van der Waals surface area contributed by atoms with Crippen LogP contribution in [0.5, 0.6) is 5.75 Å². The van der Waals surface area contributed by atoms with Crippen molar-refractivity contribution in [1.29, 1.82) is 0 Å². The molecule has 0 bridgehead atoms. The summed E-state index contributed by atoms with van der Waals surface area (Å²) in [6, 6.07) is 16.3. The highest BCUT2D eigenvalue weighted by molar-refractivity contribution is 5.68. The molecule has 1 heterocycles. The third-order valence-electron chi connectivity index (χ3n) is 5.57. The zero-order valence-electron chi connectivity index (χ0n) is 19.3. The van der Waals surface area contributed by atoms with Gasteiger partial charge in [0.25, 0.3) is 0 Å². The lowest BCUT2D eigenvalue weighted by atomic mass is 10.1. The molecule has 2 aromatic rings. The van der Waals surface area contributed by atoms with E-state index in [-0.39, 0.29) is 12.2 Å². The fourth-order valence-corrected chi connectivity index (χ4v) is 3.59. The van der Waals surface area contributed by atoms with E-state index in [1.54, 1.807) is 4.90 Å². The minimum absolute atomic E-state index is 0.00368. The maximum absolute atomic E-state index is 13.1. The van der Waals surface area contributed by atoms with Crippen molar-refractivity contribution in [1.82, 2.24) is 9.80 Å². The molecule has 1 aliphatic heterocycles. The monoisotopic (exact) mass is 424 g/mol. The number of amides is 1. The van der Waals surface area contributed by atoms with Gasteiger partial charge in [-0.3, -0.25) is 4.90 Å². The third-order valence-corrected chi connectivity index (χ3v) is 5.57. The number of hydrogen-bond donors (Lipinski definition) is 0. The number of piperidine rings is 1. The molecule has 0 unspecified atom stereocenters. The summed E-state index contributed by atoms with van der Waals surface area (Å²) in [5, 5.41) is 0. The van der Waals surface area contributed by atoms with E-state index in [1.807, 2.05) is 24.3 Å². The van der Waals surface area contributed by atoms with Gasteiger partial charge < -0.3 is 14.4 Å². The highest BCUT2D eigenvalue weighted by Gasteiger charge is 2.24. The van der Waals surface area contributed by atoms with Gasteiger partial charge in [0.1, 0.15) is 11.9 Å². The maximum Gasteiger partial charge on any atom is 0.410 e. The number of benzene rings is 2. The molecule has 0 aromatic heterocycles. The molecular formula is C26H36N2O3. The van der Waals surface area contributed by atoms with Gasteiger partial charge in [-0.1, -0.05) is 55.8 Å². The molecular weight excluding hydrogens is 388 g/mol. The van der Waals surface area contributed by atoms with Crippen LogP contribution in [0.15, 0.2) is 48.5 Å². The topological polar surface area (TPSA) is 42.0 Å².